The zero-order valence-corrected chi connectivity index (χ0v) is 15.4. The monoisotopic (exact) mass is 392 g/mol. The molecule has 2 aromatic carbocycles. The van der Waals surface area contributed by atoms with Gasteiger partial charge in [-0.1, -0.05) is 23.7 Å². The molecule has 0 aliphatic rings. The van der Waals surface area contributed by atoms with Crippen molar-refractivity contribution < 1.29 is 13.5 Å². The van der Waals surface area contributed by atoms with E-state index in [0.29, 0.717) is 35.2 Å². The standard InChI is InChI=1S/C19H19ClF2N4O/c1-2-24-19(25-11-14-5-3-4-13(8-14)10-23)26-12-15-9-16(20)6-7-17(15)27-18(21)22/h3-9,18H,2,11-12H2,1H3,(H2,24,25,26). The molecular weight excluding hydrogens is 374 g/mol. The Morgan fingerprint density at radius 1 is 1.26 bits per heavy atom. The maximum absolute atomic E-state index is 12.6. The maximum Gasteiger partial charge on any atom is 0.387 e. The Bertz CT molecular complexity index is 837. The third kappa shape index (κ3) is 6.76. The van der Waals surface area contributed by atoms with E-state index >= 15 is 0 Å². The zero-order chi connectivity index (χ0) is 19.6. The summed E-state index contributed by atoms with van der Waals surface area (Å²) in [7, 11) is 0. The van der Waals surface area contributed by atoms with Gasteiger partial charge in [-0.15, -0.1) is 0 Å². The molecule has 0 atom stereocenters. The molecule has 0 saturated carbocycles. The number of rotatable bonds is 7. The van der Waals surface area contributed by atoms with E-state index in [1.54, 1.807) is 24.3 Å². The summed E-state index contributed by atoms with van der Waals surface area (Å²) in [5.74, 6) is 0.558. The average Bonchev–Trinajstić information content (AvgIpc) is 2.65. The molecule has 0 unspecified atom stereocenters. The van der Waals surface area contributed by atoms with Crippen molar-refractivity contribution in [2.24, 2.45) is 4.99 Å². The molecule has 2 aromatic rings. The van der Waals surface area contributed by atoms with Gasteiger partial charge in [-0.3, -0.25) is 0 Å². The molecule has 0 bridgehead atoms. The minimum Gasteiger partial charge on any atom is -0.434 e. The number of benzene rings is 2. The predicted molar refractivity (Wildman–Crippen MR) is 101 cm³/mol. The van der Waals surface area contributed by atoms with Crippen LogP contribution >= 0.6 is 11.6 Å². The maximum atomic E-state index is 12.6. The van der Waals surface area contributed by atoms with Gasteiger partial charge in [-0.25, -0.2) is 4.99 Å². The van der Waals surface area contributed by atoms with Crippen LogP contribution < -0.4 is 15.4 Å². The molecule has 142 valence electrons. The number of hydrogen-bond donors (Lipinski definition) is 2. The summed E-state index contributed by atoms with van der Waals surface area (Å²) in [6.07, 6.45) is 0. The van der Waals surface area contributed by atoms with Crippen LogP contribution in [0.3, 0.4) is 0 Å². The predicted octanol–water partition coefficient (Wildman–Crippen LogP) is 4.07. The molecule has 0 aliphatic heterocycles. The van der Waals surface area contributed by atoms with Crippen LogP contribution in [0.25, 0.3) is 0 Å². The molecule has 0 heterocycles. The van der Waals surface area contributed by atoms with E-state index in [9.17, 15) is 8.78 Å². The van der Waals surface area contributed by atoms with Gasteiger partial charge in [0.1, 0.15) is 5.75 Å². The molecule has 2 N–H and O–H groups in total. The molecular formula is C19H19ClF2N4O. The zero-order valence-electron chi connectivity index (χ0n) is 14.7. The number of nitrogens with one attached hydrogen (secondary N) is 2. The lowest BCUT2D eigenvalue weighted by molar-refractivity contribution is -0.0504. The van der Waals surface area contributed by atoms with Gasteiger partial charge in [0.05, 0.1) is 18.2 Å². The van der Waals surface area contributed by atoms with E-state index < -0.39 is 6.61 Å². The number of alkyl halides is 2. The largest absolute Gasteiger partial charge is 0.434 e. The van der Waals surface area contributed by atoms with Crippen LogP contribution in [-0.2, 0) is 13.1 Å². The third-order valence-electron chi connectivity index (χ3n) is 3.50. The minimum absolute atomic E-state index is 0.0551. The minimum atomic E-state index is -2.92. The molecule has 8 heteroatoms. The SMILES string of the molecule is CCNC(=NCc1cccc(C#N)c1)NCc1cc(Cl)ccc1OC(F)F. The topological polar surface area (TPSA) is 69.4 Å². The highest BCUT2D eigenvalue weighted by atomic mass is 35.5. The summed E-state index contributed by atoms with van der Waals surface area (Å²) in [4.78, 5) is 4.45. The Balaban J connectivity index is 2.10. The van der Waals surface area contributed by atoms with Gasteiger partial charge >= 0.3 is 6.61 Å². The van der Waals surface area contributed by atoms with Crippen LogP contribution in [0.4, 0.5) is 8.78 Å². The Morgan fingerprint density at radius 3 is 2.78 bits per heavy atom. The molecule has 2 rings (SSSR count). The number of ether oxygens (including phenoxy) is 1. The number of aliphatic imine (C=N–C) groups is 1. The number of halogens is 3. The molecule has 0 amide bonds. The number of nitriles is 1. The summed E-state index contributed by atoms with van der Waals surface area (Å²) in [6.45, 7) is 0.186. The molecule has 0 radical (unpaired) electrons. The Kier molecular flexibility index (Phi) is 7.83. The Hall–Kier alpha value is -2.85. The normalized spacial score (nSPS) is 11.2. The second-order valence-electron chi connectivity index (χ2n) is 5.49. The van der Waals surface area contributed by atoms with Gasteiger partial charge < -0.3 is 15.4 Å². The highest BCUT2D eigenvalue weighted by Crippen LogP contribution is 2.24. The van der Waals surface area contributed by atoms with Crippen molar-refractivity contribution in [3.63, 3.8) is 0 Å². The number of hydrogen-bond acceptors (Lipinski definition) is 3. The second kappa shape index (κ2) is 10.3. The molecule has 0 fully saturated rings. The van der Waals surface area contributed by atoms with E-state index in [4.69, 9.17) is 16.9 Å². The smallest absolute Gasteiger partial charge is 0.387 e. The Labute approximate surface area is 161 Å². The summed E-state index contributed by atoms with van der Waals surface area (Å²) < 4.78 is 29.6. The van der Waals surface area contributed by atoms with Gasteiger partial charge in [0.2, 0.25) is 0 Å². The van der Waals surface area contributed by atoms with E-state index in [-0.39, 0.29) is 12.3 Å². The van der Waals surface area contributed by atoms with Gasteiger partial charge in [-0.05, 0) is 42.8 Å². The molecule has 0 aromatic heterocycles. The van der Waals surface area contributed by atoms with Gasteiger partial charge in [0.15, 0.2) is 5.96 Å². The fourth-order valence-corrected chi connectivity index (χ4v) is 2.52. The van der Waals surface area contributed by atoms with E-state index in [2.05, 4.69) is 26.4 Å². The van der Waals surface area contributed by atoms with E-state index in [0.717, 1.165) is 5.56 Å². The Morgan fingerprint density at radius 2 is 2.07 bits per heavy atom. The highest BCUT2D eigenvalue weighted by Gasteiger charge is 2.11. The van der Waals surface area contributed by atoms with Crippen molar-refractivity contribution in [2.45, 2.75) is 26.6 Å². The number of nitrogens with zero attached hydrogens (tertiary/aromatic N) is 2. The summed E-state index contributed by atoms with van der Waals surface area (Å²) in [5, 5.41) is 15.5. The van der Waals surface area contributed by atoms with Crippen LogP contribution in [-0.4, -0.2) is 19.1 Å². The van der Waals surface area contributed by atoms with Gasteiger partial charge in [0.25, 0.3) is 0 Å². The van der Waals surface area contributed by atoms with Crippen LogP contribution in [0, 0.1) is 11.3 Å². The first-order chi connectivity index (χ1) is 13.0. The van der Waals surface area contributed by atoms with Gasteiger partial charge in [-0.2, -0.15) is 14.0 Å². The lowest BCUT2D eigenvalue weighted by atomic mass is 10.1. The third-order valence-corrected chi connectivity index (χ3v) is 3.74. The molecule has 0 spiro atoms. The van der Waals surface area contributed by atoms with Crippen molar-refractivity contribution in [3.8, 4) is 11.8 Å². The van der Waals surface area contributed by atoms with Crippen LogP contribution in [0.5, 0.6) is 5.75 Å². The van der Waals surface area contributed by atoms with Crippen molar-refractivity contribution in [1.82, 2.24) is 10.6 Å². The van der Waals surface area contributed by atoms with Crippen molar-refractivity contribution in [3.05, 3.63) is 64.2 Å². The summed E-state index contributed by atoms with van der Waals surface area (Å²) in [6, 6.07) is 13.7. The fourth-order valence-electron chi connectivity index (χ4n) is 2.33. The fraction of sp³-hybridized carbons (Fsp3) is 0.263. The molecule has 5 nitrogen and oxygen atoms in total. The first-order valence-corrected chi connectivity index (χ1v) is 8.64. The second-order valence-corrected chi connectivity index (χ2v) is 5.93. The van der Waals surface area contributed by atoms with Crippen molar-refractivity contribution >= 4 is 17.6 Å². The van der Waals surface area contributed by atoms with Crippen LogP contribution in [0.2, 0.25) is 5.02 Å². The lowest BCUT2D eigenvalue weighted by Crippen LogP contribution is -2.36. The first kappa shape index (κ1) is 20.5. The molecule has 27 heavy (non-hydrogen) atoms. The average molecular weight is 393 g/mol. The van der Waals surface area contributed by atoms with Crippen LogP contribution in [0.1, 0.15) is 23.6 Å². The quantitative estimate of drug-likeness (QED) is 0.550. The molecule has 0 saturated heterocycles. The van der Waals surface area contributed by atoms with Crippen LogP contribution in [0.15, 0.2) is 47.5 Å². The van der Waals surface area contributed by atoms with Gasteiger partial charge in [0, 0.05) is 23.7 Å². The lowest BCUT2D eigenvalue weighted by Gasteiger charge is -2.14. The first-order valence-electron chi connectivity index (χ1n) is 8.26. The summed E-state index contributed by atoms with van der Waals surface area (Å²) >= 11 is 5.96. The van der Waals surface area contributed by atoms with E-state index in [1.807, 2.05) is 13.0 Å². The molecule has 0 aliphatic carbocycles. The number of guanidine groups is 1. The highest BCUT2D eigenvalue weighted by molar-refractivity contribution is 6.30. The summed E-state index contributed by atoms with van der Waals surface area (Å²) in [5.41, 5.74) is 1.93. The van der Waals surface area contributed by atoms with Crippen molar-refractivity contribution in [2.75, 3.05) is 6.54 Å². The van der Waals surface area contributed by atoms with Crippen molar-refractivity contribution in [1.29, 1.82) is 5.26 Å². The van der Waals surface area contributed by atoms with E-state index in [1.165, 1.54) is 12.1 Å².